The van der Waals surface area contributed by atoms with Crippen LogP contribution >= 0.6 is 24.0 Å². The van der Waals surface area contributed by atoms with Gasteiger partial charge in [0.15, 0.2) is 0 Å². The van der Waals surface area contributed by atoms with Gasteiger partial charge in [0.05, 0.1) is 5.02 Å². The van der Waals surface area contributed by atoms with Gasteiger partial charge in [-0.2, -0.15) is 0 Å². The van der Waals surface area contributed by atoms with E-state index in [-0.39, 0.29) is 24.3 Å². The Morgan fingerprint density at radius 2 is 2.10 bits per heavy atom. The Bertz CT molecular complexity index is 459. The molecule has 1 heterocycles. The van der Waals surface area contributed by atoms with Crippen molar-refractivity contribution in [2.24, 2.45) is 0 Å². The van der Waals surface area contributed by atoms with Crippen LogP contribution in [0, 0.1) is 12.7 Å². The van der Waals surface area contributed by atoms with E-state index in [0.717, 1.165) is 31.7 Å². The largest absolute Gasteiger partial charge is 0.314 e. The van der Waals surface area contributed by atoms with Gasteiger partial charge >= 0.3 is 0 Å². The molecule has 1 aliphatic rings. The molecule has 1 N–H and O–H groups in total. The van der Waals surface area contributed by atoms with Crippen molar-refractivity contribution in [2.75, 3.05) is 26.2 Å². The number of piperazine rings is 1. The summed E-state index contributed by atoms with van der Waals surface area (Å²) in [4.78, 5) is 2.28. The Balaban J connectivity index is 0.00000200. The highest BCUT2D eigenvalue weighted by Gasteiger charge is 2.26. The van der Waals surface area contributed by atoms with Gasteiger partial charge in [0.25, 0.3) is 0 Å². The minimum absolute atomic E-state index is 0. The molecule has 1 atom stereocenters. The van der Waals surface area contributed by atoms with Crippen LogP contribution in [0.1, 0.15) is 23.6 Å². The summed E-state index contributed by atoms with van der Waals surface area (Å²) in [7, 11) is 0. The molecule has 1 aromatic rings. The molecule has 0 unspecified atom stereocenters. The zero-order valence-electron chi connectivity index (χ0n) is 11.7. The van der Waals surface area contributed by atoms with Gasteiger partial charge < -0.3 is 5.32 Å². The lowest BCUT2D eigenvalue weighted by Gasteiger charge is -2.35. The molecular weight excluding hydrogens is 298 g/mol. The van der Waals surface area contributed by atoms with Crippen molar-refractivity contribution >= 4 is 24.0 Å². The first kappa shape index (κ1) is 17.4. The van der Waals surface area contributed by atoms with E-state index in [1.165, 1.54) is 6.07 Å². The molecule has 1 fully saturated rings. The summed E-state index contributed by atoms with van der Waals surface area (Å²) in [6, 6.07) is 3.21. The van der Waals surface area contributed by atoms with Crippen molar-refractivity contribution in [1.82, 2.24) is 10.2 Å². The van der Waals surface area contributed by atoms with Gasteiger partial charge in [-0.1, -0.05) is 23.7 Å². The van der Waals surface area contributed by atoms with E-state index in [1.54, 1.807) is 6.07 Å². The van der Waals surface area contributed by atoms with Gasteiger partial charge in [-0.15, -0.1) is 19.0 Å². The highest BCUT2D eigenvalue weighted by Crippen LogP contribution is 2.34. The maximum atomic E-state index is 14.2. The predicted molar refractivity (Wildman–Crippen MR) is 85.4 cm³/mol. The Morgan fingerprint density at radius 3 is 2.70 bits per heavy atom. The number of benzene rings is 1. The molecule has 0 bridgehead atoms. The standard InChI is InChI=1S/C15H20ClFN2.ClH/c1-3-4-13(19-9-7-18-8-10-19)14-12(17)6-5-11(2)15(14)16;/h3,5-6,13,18H,1,4,7-10H2,2H3;1H/t13-;/m1./s1. The third kappa shape index (κ3) is 3.73. The molecule has 1 saturated heterocycles. The molecule has 0 amide bonds. The molecule has 5 heteroatoms. The van der Waals surface area contributed by atoms with Crippen LogP contribution in [0.15, 0.2) is 24.8 Å². The maximum absolute atomic E-state index is 14.2. The fourth-order valence-electron chi connectivity index (χ4n) is 2.58. The first-order valence-electron chi connectivity index (χ1n) is 6.65. The summed E-state index contributed by atoms with van der Waals surface area (Å²) in [5.74, 6) is -0.221. The summed E-state index contributed by atoms with van der Waals surface area (Å²) in [5.41, 5.74) is 1.53. The van der Waals surface area contributed by atoms with Gasteiger partial charge in [-0.05, 0) is 25.0 Å². The van der Waals surface area contributed by atoms with Crippen LogP contribution in [0.3, 0.4) is 0 Å². The van der Waals surface area contributed by atoms with Crippen LogP contribution in [-0.2, 0) is 0 Å². The van der Waals surface area contributed by atoms with Gasteiger partial charge in [0.1, 0.15) is 5.82 Å². The smallest absolute Gasteiger partial charge is 0.129 e. The lowest BCUT2D eigenvalue weighted by Crippen LogP contribution is -2.45. The summed E-state index contributed by atoms with van der Waals surface area (Å²) >= 11 is 6.33. The molecule has 0 spiro atoms. The molecule has 0 aromatic heterocycles. The normalized spacial score (nSPS) is 17.4. The van der Waals surface area contributed by atoms with Crippen LogP contribution in [0.25, 0.3) is 0 Å². The van der Waals surface area contributed by atoms with Crippen LogP contribution in [-0.4, -0.2) is 31.1 Å². The molecule has 1 aliphatic heterocycles. The lowest BCUT2D eigenvalue weighted by atomic mass is 9.98. The minimum atomic E-state index is -0.221. The first-order valence-corrected chi connectivity index (χ1v) is 7.03. The number of hydrogen-bond donors (Lipinski definition) is 1. The number of hydrogen-bond acceptors (Lipinski definition) is 2. The molecule has 0 radical (unpaired) electrons. The Hall–Kier alpha value is -0.610. The number of aryl methyl sites for hydroxylation is 1. The van der Waals surface area contributed by atoms with E-state index in [4.69, 9.17) is 11.6 Å². The van der Waals surface area contributed by atoms with E-state index in [0.29, 0.717) is 17.0 Å². The monoisotopic (exact) mass is 318 g/mol. The van der Waals surface area contributed by atoms with E-state index in [1.807, 2.05) is 13.0 Å². The number of nitrogens with one attached hydrogen (secondary N) is 1. The van der Waals surface area contributed by atoms with Crippen molar-refractivity contribution in [2.45, 2.75) is 19.4 Å². The van der Waals surface area contributed by atoms with Crippen molar-refractivity contribution < 1.29 is 4.39 Å². The minimum Gasteiger partial charge on any atom is -0.314 e. The second-order valence-corrected chi connectivity index (χ2v) is 5.30. The lowest BCUT2D eigenvalue weighted by molar-refractivity contribution is 0.171. The first-order chi connectivity index (χ1) is 9.15. The SMILES string of the molecule is C=CC[C@H](c1c(F)ccc(C)c1Cl)N1CCNCC1.Cl. The highest BCUT2D eigenvalue weighted by atomic mass is 35.5. The average molecular weight is 319 g/mol. The zero-order chi connectivity index (χ0) is 13.8. The molecule has 0 saturated carbocycles. The van der Waals surface area contributed by atoms with E-state index in [9.17, 15) is 4.39 Å². The molecule has 2 rings (SSSR count). The quantitative estimate of drug-likeness (QED) is 0.851. The Kier molecular flexibility index (Phi) is 6.96. The van der Waals surface area contributed by atoms with E-state index < -0.39 is 0 Å². The fourth-order valence-corrected chi connectivity index (χ4v) is 2.86. The Morgan fingerprint density at radius 1 is 1.45 bits per heavy atom. The van der Waals surface area contributed by atoms with E-state index >= 15 is 0 Å². The summed E-state index contributed by atoms with van der Waals surface area (Å²) in [6.07, 6.45) is 2.55. The predicted octanol–water partition coefficient (Wildman–Crippen LogP) is 3.73. The molecule has 112 valence electrons. The van der Waals surface area contributed by atoms with E-state index in [2.05, 4.69) is 16.8 Å². The highest BCUT2D eigenvalue weighted by molar-refractivity contribution is 6.32. The third-order valence-corrected chi connectivity index (χ3v) is 4.14. The molecule has 20 heavy (non-hydrogen) atoms. The number of halogens is 3. The number of rotatable bonds is 4. The van der Waals surface area contributed by atoms with Crippen LogP contribution in [0.5, 0.6) is 0 Å². The second-order valence-electron chi connectivity index (χ2n) is 4.92. The zero-order valence-corrected chi connectivity index (χ0v) is 13.2. The molecule has 1 aromatic carbocycles. The molecule has 2 nitrogen and oxygen atoms in total. The second kappa shape index (κ2) is 7.99. The Labute approximate surface area is 131 Å². The summed E-state index contributed by atoms with van der Waals surface area (Å²) in [5, 5.41) is 3.86. The molecular formula is C15H21Cl2FN2. The van der Waals surface area contributed by atoms with Crippen LogP contribution < -0.4 is 5.32 Å². The topological polar surface area (TPSA) is 15.3 Å². The number of nitrogens with zero attached hydrogens (tertiary/aromatic N) is 1. The van der Waals surface area contributed by atoms with Gasteiger partial charge in [-0.25, -0.2) is 4.39 Å². The van der Waals surface area contributed by atoms with Crippen molar-refractivity contribution in [3.63, 3.8) is 0 Å². The summed E-state index contributed by atoms with van der Waals surface area (Å²) in [6.45, 7) is 9.37. The maximum Gasteiger partial charge on any atom is 0.129 e. The van der Waals surface area contributed by atoms with Gasteiger partial charge in [-0.3, -0.25) is 4.90 Å². The van der Waals surface area contributed by atoms with Gasteiger partial charge in [0.2, 0.25) is 0 Å². The van der Waals surface area contributed by atoms with Crippen molar-refractivity contribution in [3.05, 3.63) is 46.8 Å². The van der Waals surface area contributed by atoms with Gasteiger partial charge in [0, 0.05) is 37.8 Å². The van der Waals surface area contributed by atoms with Crippen LogP contribution in [0.2, 0.25) is 5.02 Å². The average Bonchev–Trinajstić information content (AvgIpc) is 2.43. The molecule has 0 aliphatic carbocycles. The van der Waals surface area contributed by atoms with Crippen LogP contribution in [0.4, 0.5) is 4.39 Å². The summed E-state index contributed by atoms with van der Waals surface area (Å²) < 4.78 is 14.2. The van der Waals surface area contributed by atoms with Crippen molar-refractivity contribution in [3.8, 4) is 0 Å². The fraction of sp³-hybridized carbons (Fsp3) is 0.467. The third-order valence-electron chi connectivity index (χ3n) is 3.64. The van der Waals surface area contributed by atoms with Crippen molar-refractivity contribution in [1.29, 1.82) is 0 Å².